The lowest BCUT2D eigenvalue weighted by atomic mass is 9.97. The molecular formula is C25H29N3O. The molecule has 4 nitrogen and oxygen atoms in total. The Labute approximate surface area is 172 Å². The Morgan fingerprint density at radius 2 is 1.83 bits per heavy atom. The molecule has 0 amide bonds. The molecule has 4 aromatic rings. The van der Waals surface area contributed by atoms with Crippen molar-refractivity contribution in [1.82, 2.24) is 9.97 Å². The van der Waals surface area contributed by atoms with Gasteiger partial charge in [-0.15, -0.1) is 0 Å². The molecule has 2 aromatic heterocycles. The van der Waals surface area contributed by atoms with Crippen molar-refractivity contribution in [3.8, 4) is 17.1 Å². The second-order valence-electron chi connectivity index (χ2n) is 7.88. The van der Waals surface area contributed by atoms with Crippen LogP contribution in [0.25, 0.3) is 33.2 Å². The van der Waals surface area contributed by atoms with Crippen LogP contribution in [0.15, 0.2) is 48.5 Å². The third-order valence-electron chi connectivity index (χ3n) is 5.63. The average molecular weight is 388 g/mol. The maximum atomic E-state index is 5.76. The number of unbranched alkanes of at least 4 members (excludes halogenated alkanes) is 1. The van der Waals surface area contributed by atoms with Gasteiger partial charge in [-0.3, -0.25) is 0 Å². The van der Waals surface area contributed by atoms with Gasteiger partial charge in [0.2, 0.25) is 0 Å². The summed E-state index contributed by atoms with van der Waals surface area (Å²) in [6, 6.07) is 16.8. The van der Waals surface area contributed by atoms with E-state index in [1.165, 1.54) is 22.0 Å². The van der Waals surface area contributed by atoms with Crippen molar-refractivity contribution >= 4 is 21.8 Å². The summed E-state index contributed by atoms with van der Waals surface area (Å²) in [6.45, 7) is 5.19. The largest absolute Gasteiger partial charge is 0.496 e. The number of nitrogens with zero attached hydrogens (tertiary/aromatic N) is 1. The normalized spacial score (nSPS) is 11.6. The highest BCUT2D eigenvalue weighted by Crippen LogP contribution is 2.37. The molecule has 0 saturated heterocycles. The summed E-state index contributed by atoms with van der Waals surface area (Å²) in [5, 5.41) is 2.32. The number of methoxy groups -OCH3 is 1. The zero-order valence-electron chi connectivity index (χ0n) is 17.5. The zero-order valence-corrected chi connectivity index (χ0v) is 17.5. The average Bonchev–Trinajstić information content (AvgIpc) is 3.11. The van der Waals surface area contributed by atoms with Crippen LogP contribution >= 0.6 is 0 Å². The molecule has 0 radical (unpaired) electrons. The number of nitrogens with one attached hydrogen (secondary N) is 1. The number of rotatable bonds is 7. The number of aryl methyl sites for hydroxylation is 1. The topological polar surface area (TPSA) is 63.9 Å². The summed E-state index contributed by atoms with van der Waals surface area (Å²) in [5.74, 6) is 1.29. The molecule has 0 bridgehead atoms. The minimum atomic E-state index is 0.446. The lowest BCUT2D eigenvalue weighted by Crippen LogP contribution is -1.99. The molecule has 0 saturated carbocycles. The highest BCUT2D eigenvalue weighted by molar-refractivity contribution is 5.94. The summed E-state index contributed by atoms with van der Waals surface area (Å²) in [7, 11) is 1.72. The van der Waals surface area contributed by atoms with Crippen molar-refractivity contribution in [3.05, 3.63) is 59.7 Å². The van der Waals surface area contributed by atoms with Gasteiger partial charge in [-0.05, 0) is 55.0 Å². The SMILES string of the molecule is COc1cc(-c2[nH]c3c(C(C)C)cccc3c2CCCCN)nc2ccccc12. The zero-order chi connectivity index (χ0) is 20.4. The number of hydrogen-bond donors (Lipinski definition) is 2. The van der Waals surface area contributed by atoms with E-state index < -0.39 is 0 Å². The Morgan fingerprint density at radius 3 is 2.59 bits per heavy atom. The summed E-state index contributed by atoms with van der Waals surface area (Å²) in [4.78, 5) is 8.70. The summed E-state index contributed by atoms with van der Waals surface area (Å²) in [6.07, 6.45) is 3.06. The number of aromatic amines is 1. The van der Waals surface area contributed by atoms with E-state index >= 15 is 0 Å². The molecule has 4 heteroatoms. The van der Waals surface area contributed by atoms with Crippen molar-refractivity contribution in [2.75, 3.05) is 13.7 Å². The molecule has 150 valence electrons. The first-order valence-corrected chi connectivity index (χ1v) is 10.4. The van der Waals surface area contributed by atoms with Gasteiger partial charge >= 0.3 is 0 Å². The molecule has 4 rings (SSSR count). The molecule has 0 fully saturated rings. The van der Waals surface area contributed by atoms with Gasteiger partial charge in [0.15, 0.2) is 0 Å². The molecule has 29 heavy (non-hydrogen) atoms. The van der Waals surface area contributed by atoms with Crippen LogP contribution < -0.4 is 10.5 Å². The molecule has 0 spiro atoms. The fourth-order valence-corrected chi connectivity index (χ4v) is 4.14. The van der Waals surface area contributed by atoms with Crippen LogP contribution in [0.3, 0.4) is 0 Å². The van der Waals surface area contributed by atoms with Crippen molar-refractivity contribution in [3.63, 3.8) is 0 Å². The predicted octanol–water partition coefficient (Wildman–Crippen LogP) is 5.80. The standard InChI is InChI=1S/C25H29N3O/c1-16(2)17-11-8-12-18-19(9-6-7-14-26)25(28-24(17)18)22-15-23(29-3)20-10-4-5-13-21(20)27-22/h4-5,8,10-13,15-16,28H,6-7,9,14,26H2,1-3H3. The number of para-hydroxylation sites is 2. The van der Waals surface area contributed by atoms with Crippen molar-refractivity contribution in [2.45, 2.75) is 39.0 Å². The number of ether oxygens (including phenoxy) is 1. The predicted molar refractivity (Wildman–Crippen MR) is 122 cm³/mol. The highest BCUT2D eigenvalue weighted by Gasteiger charge is 2.18. The van der Waals surface area contributed by atoms with Gasteiger partial charge in [-0.25, -0.2) is 4.98 Å². The van der Waals surface area contributed by atoms with E-state index in [4.69, 9.17) is 15.5 Å². The molecule has 3 N–H and O–H groups in total. The van der Waals surface area contributed by atoms with Gasteiger partial charge in [0.25, 0.3) is 0 Å². The van der Waals surface area contributed by atoms with Crippen LogP contribution in [-0.4, -0.2) is 23.6 Å². The minimum Gasteiger partial charge on any atom is -0.496 e. The molecule has 2 aromatic carbocycles. The van der Waals surface area contributed by atoms with Crippen LogP contribution in [0.2, 0.25) is 0 Å². The summed E-state index contributed by atoms with van der Waals surface area (Å²) >= 11 is 0. The maximum Gasteiger partial charge on any atom is 0.130 e. The Morgan fingerprint density at radius 1 is 1.03 bits per heavy atom. The molecule has 2 heterocycles. The lowest BCUT2D eigenvalue weighted by molar-refractivity contribution is 0.419. The monoisotopic (exact) mass is 387 g/mol. The van der Waals surface area contributed by atoms with E-state index in [1.807, 2.05) is 18.2 Å². The first kappa shape index (κ1) is 19.5. The molecular weight excluding hydrogens is 358 g/mol. The molecule has 0 aliphatic heterocycles. The number of nitrogens with two attached hydrogens (primary N) is 1. The number of fused-ring (bicyclic) bond motifs is 2. The lowest BCUT2D eigenvalue weighted by Gasteiger charge is -2.10. The number of hydrogen-bond acceptors (Lipinski definition) is 3. The van der Waals surface area contributed by atoms with Gasteiger partial charge in [-0.2, -0.15) is 0 Å². The Hall–Kier alpha value is -2.85. The molecule has 0 aliphatic rings. The first-order valence-electron chi connectivity index (χ1n) is 10.4. The van der Waals surface area contributed by atoms with Gasteiger partial charge in [0.05, 0.1) is 24.0 Å². The van der Waals surface area contributed by atoms with E-state index in [0.717, 1.165) is 53.8 Å². The maximum absolute atomic E-state index is 5.76. The van der Waals surface area contributed by atoms with E-state index in [2.05, 4.69) is 49.2 Å². The summed E-state index contributed by atoms with van der Waals surface area (Å²) < 4.78 is 5.69. The number of benzene rings is 2. The third kappa shape index (κ3) is 3.60. The van der Waals surface area contributed by atoms with Crippen LogP contribution in [0.4, 0.5) is 0 Å². The van der Waals surface area contributed by atoms with Gasteiger partial charge in [0, 0.05) is 22.4 Å². The second-order valence-corrected chi connectivity index (χ2v) is 7.88. The highest BCUT2D eigenvalue weighted by atomic mass is 16.5. The van der Waals surface area contributed by atoms with Crippen LogP contribution in [0, 0.1) is 0 Å². The minimum absolute atomic E-state index is 0.446. The fraction of sp³-hybridized carbons (Fsp3) is 0.320. The number of pyridine rings is 1. The Bertz CT molecular complexity index is 1140. The Balaban J connectivity index is 1.95. The van der Waals surface area contributed by atoms with Gasteiger partial charge in [0.1, 0.15) is 5.75 Å². The van der Waals surface area contributed by atoms with E-state index in [-0.39, 0.29) is 0 Å². The van der Waals surface area contributed by atoms with E-state index in [0.29, 0.717) is 5.92 Å². The molecule has 0 atom stereocenters. The van der Waals surface area contributed by atoms with Gasteiger partial charge in [-0.1, -0.05) is 44.2 Å². The van der Waals surface area contributed by atoms with Gasteiger partial charge < -0.3 is 15.5 Å². The first-order chi connectivity index (χ1) is 14.1. The smallest absolute Gasteiger partial charge is 0.130 e. The number of aromatic nitrogens is 2. The third-order valence-corrected chi connectivity index (χ3v) is 5.63. The summed E-state index contributed by atoms with van der Waals surface area (Å²) in [5.41, 5.74) is 12.6. The van der Waals surface area contributed by atoms with E-state index in [9.17, 15) is 0 Å². The molecule has 0 unspecified atom stereocenters. The quantitative estimate of drug-likeness (QED) is 0.394. The van der Waals surface area contributed by atoms with Crippen molar-refractivity contribution < 1.29 is 4.74 Å². The molecule has 0 aliphatic carbocycles. The van der Waals surface area contributed by atoms with Crippen molar-refractivity contribution in [2.24, 2.45) is 5.73 Å². The van der Waals surface area contributed by atoms with Crippen LogP contribution in [0.1, 0.15) is 43.7 Å². The van der Waals surface area contributed by atoms with Crippen LogP contribution in [-0.2, 0) is 6.42 Å². The fourth-order valence-electron chi connectivity index (χ4n) is 4.14. The van der Waals surface area contributed by atoms with E-state index in [1.54, 1.807) is 7.11 Å². The van der Waals surface area contributed by atoms with Crippen molar-refractivity contribution in [1.29, 1.82) is 0 Å². The van der Waals surface area contributed by atoms with Crippen LogP contribution in [0.5, 0.6) is 5.75 Å². The Kier molecular flexibility index (Phi) is 5.54. The second kappa shape index (κ2) is 8.26. The number of H-pyrrole nitrogens is 1.